The summed E-state index contributed by atoms with van der Waals surface area (Å²) in [6, 6.07) is 12.7. The van der Waals surface area contributed by atoms with E-state index in [0.717, 1.165) is 55.6 Å². The third-order valence-electron chi connectivity index (χ3n) is 8.06. The normalized spacial score (nSPS) is 30.2. The number of nitrogens with zero attached hydrogens (tertiary/aromatic N) is 1. The molecule has 2 aliphatic heterocycles. The maximum atomic E-state index is 12.9. The average Bonchev–Trinajstić information content (AvgIpc) is 3.12. The lowest BCUT2D eigenvalue weighted by molar-refractivity contribution is -0.138. The number of hydrogen-bond acceptors (Lipinski definition) is 5. The number of halogens is 1. The molecular formula is C25H28ClNO4. The molecule has 2 fully saturated rings. The number of phenols is 1. The zero-order valence-corrected chi connectivity index (χ0v) is 18.5. The van der Waals surface area contributed by atoms with Crippen LogP contribution in [0.25, 0.3) is 0 Å². The third-order valence-corrected chi connectivity index (χ3v) is 8.06. The Hall–Kier alpha value is -2.24. The molecule has 31 heavy (non-hydrogen) atoms. The maximum absolute atomic E-state index is 12.9. The number of phenolic OH excluding ortho intramolecular Hbond substituents is 1. The van der Waals surface area contributed by atoms with Gasteiger partial charge in [0.1, 0.15) is 5.75 Å². The predicted molar refractivity (Wildman–Crippen MR) is 120 cm³/mol. The molecule has 164 valence electrons. The van der Waals surface area contributed by atoms with E-state index in [1.807, 2.05) is 0 Å². The van der Waals surface area contributed by atoms with Gasteiger partial charge in [0, 0.05) is 41.6 Å². The van der Waals surface area contributed by atoms with Gasteiger partial charge in [-0.15, -0.1) is 12.4 Å². The lowest BCUT2D eigenvalue weighted by Gasteiger charge is -2.57. The van der Waals surface area contributed by atoms with Gasteiger partial charge in [-0.25, -0.2) is 0 Å². The minimum absolute atomic E-state index is 0. The summed E-state index contributed by atoms with van der Waals surface area (Å²) in [5, 5.41) is 10.6. The fourth-order valence-electron chi connectivity index (χ4n) is 6.84. The molecule has 4 atom stereocenters. The van der Waals surface area contributed by atoms with Crippen LogP contribution in [0.1, 0.15) is 36.0 Å². The second-order valence-electron chi connectivity index (χ2n) is 9.22. The van der Waals surface area contributed by atoms with Crippen molar-refractivity contribution in [1.29, 1.82) is 0 Å². The molecule has 2 heterocycles. The zero-order valence-electron chi connectivity index (χ0n) is 17.7. The molecule has 0 radical (unpaired) electrons. The van der Waals surface area contributed by atoms with Crippen LogP contribution in [0.15, 0.2) is 36.4 Å². The highest BCUT2D eigenvalue weighted by Gasteiger charge is 2.66. The van der Waals surface area contributed by atoms with Crippen molar-refractivity contribution in [2.75, 3.05) is 20.2 Å². The first-order valence-corrected chi connectivity index (χ1v) is 11.0. The van der Waals surface area contributed by atoms with E-state index in [-0.39, 0.29) is 29.4 Å². The number of rotatable bonds is 4. The number of likely N-dealkylation sites (tertiary alicyclic amines) is 1. The molecule has 1 saturated carbocycles. The summed E-state index contributed by atoms with van der Waals surface area (Å²) < 4.78 is 11.9. The molecule has 2 bridgehead atoms. The average molecular weight is 442 g/mol. The highest BCUT2D eigenvalue weighted by molar-refractivity contribution is 5.89. The molecule has 6 rings (SSSR count). The Morgan fingerprint density at radius 2 is 2.10 bits per heavy atom. The maximum Gasteiger partial charge on any atom is 0.174 e. The van der Waals surface area contributed by atoms with Gasteiger partial charge in [0.2, 0.25) is 0 Å². The number of carbonyl (C=O) groups excluding carboxylic acids is 1. The molecule has 1 N–H and O–H groups in total. The molecule has 2 aliphatic carbocycles. The number of methoxy groups -OCH3 is 1. The number of hydrogen-bond donors (Lipinski definition) is 1. The Labute approximate surface area is 188 Å². The highest BCUT2D eigenvalue weighted by Crippen LogP contribution is 2.64. The van der Waals surface area contributed by atoms with E-state index in [1.54, 1.807) is 13.2 Å². The van der Waals surface area contributed by atoms with Crippen LogP contribution < -0.4 is 9.47 Å². The van der Waals surface area contributed by atoms with E-state index in [0.29, 0.717) is 24.1 Å². The Morgan fingerprint density at radius 3 is 2.87 bits per heavy atom. The van der Waals surface area contributed by atoms with Gasteiger partial charge in [0.05, 0.1) is 7.11 Å². The van der Waals surface area contributed by atoms with Crippen LogP contribution in [-0.4, -0.2) is 48.1 Å². The number of aromatic hydroxyl groups is 1. The van der Waals surface area contributed by atoms with Crippen LogP contribution in [0.4, 0.5) is 0 Å². The van der Waals surface area contributed by atoms with Crippen LogP contribution in [0.5, 0.6) is 17.2 Å². The number of Topliss-reactive ketones (excluding diaryl/α,β-unsaturated/α-hetero) is 1. The highest BCUT2D eigenvalue weighted by atomic mass is 35.5. The summed E-state index contributed by atoms with van der Waals surface area (Å²) in [7, 11) is 1.66. The summed E-state index contributed by atoms with van der Waals surface area (Å²) in [6.45, 7) is 1.97. The van der Waals surface area contributed by atoms with Crippen molar-refractivity contribution in [1.82, 2.24) is 4.90 Å². The lowest BCUT2D eigenvalue weighted by Crippen LogP contribution is -2.66. The number of ether oxygens (including phenoxy) is 2. The Bertz CT molecular complexity index is 1030. The van der Waals surface area contributed by atoms with E-state index in [4.69, 9.17) is 9.47 Å². The predicted octanol–water partition coefficient (Wildman–Crippen LogP) is 3.67. The van der Waals surface area contributed by atoms with Gasteiger partial charge in [-0.2, -0.15) is 0 Å². The van der Waals surface area contributed by atoms with E-state index < -0.39 is 6.10 Å². The van der Waals surface area contributed by atoms with E-state index >= 15 is 0 Å². The van der Waals surface area contributed by atoms with Gasteiger partial charge in [-0.3, -0.25) is 9.69 Å². The molecule has 0 amide bonds. The summed E-state index contributed by atoms with van der Waals surface area (Å²) >= 11 is 0. The first kappa shape index (κ1) is 20.7. The molecule has 2 aromatic rings. The first-order valence-electron chi connectivity index (χ1n) is 11.0. The van der Waals surface area contributed by atoms with Crippen molar-refractivity contribution in [3.05, 3.63) is 53.1 Å². The van der Waals surface area contributed by atoms with Gasteiger partial charge < -0.3 is 14.6 Å². The molecular weight excluding hydrogens is 414 g/mol. The summed E-state index contributed by atoms with van der Waals surface area (Å²) in [4.78, 5) is 15.6. The van der Waals surface area contributed by atoms with Gasteiger partial charge in [0.15, 0.2) is 23.4 Å². The van der Waals surface area contributed by atoms with Crippen molar-refractivity contribution in [2.45, 2.75) is 49.7 Å². The molecule has 0 aromatic heterocycles. The minimum Gasteiger partial charge on any atom is -0.504 e. The Kier molecular flexibility index (Phi) is 4.94. The largest absolute Gasteiger partial charge is 0.504 e. The van der Waals surface area contributed by atoms with Crippen molar-refractivity contribution >= 4 is 18.2 Å². The molecule has 2 aromatic carbocycles. The van der Waals surface area contributed by atoms with Gasteiger partial charge in [-0.1, -0.05) is 30.3 Å². The van der Waals surface area contributed by atoms with Crippen LogP contribution in [0.2, 0.25) is 0 Å². The molecule has 5 nitrogen and oxygen atoms in total. The van der Waals surface area contributed by atoms with E-state index in [2.05, 4.69) is 35.2 Å². The molecule has 4 aliphatic rings. The standard InChI is InChI=1S/C25H27NO4.ClH/c1-29-21-14-20(28)23-22-16(21)13-18-17-7-8-19(27)24(30-23)25(17,22)10-12-26(18)11-9-15-5-3-2-4-6-15;/h2-6,14,17-18,24,28H,7-13H2,1H3;1H/t17-,18+,24-,25-;/m0./s1. The monoisotopic (exact) mass is 441 g/mol. The number of benzene rings is 2. The quantitative estimate of drug-likeness (QED) is 0.784. The number of ketones is 1. The Balaban J connectivity index is 0.00000204. The molecule has 6 heteroatoms. The fraction of sp³-hybridized carbons (Fsp3) is 0.480. The van der Waals surface area contributed by atoms with Gasteiger partial charge in [0.25, 0.3) is 0 Å². The van der Waals surface area contributed by atoms with Crippen molar-refractivity contribution in [2.24, 2.45) is 5.92 Å². The van der Waals surface area contributed by atoms with Crippen LogP contribution in [0, 0.1) is 5.92 Å². The van der Waals surface area contributed by atoms with Gasteiger partial charge in [-0.05, 0) is 43.7 Å². The second kappa shape index (κ2) is 7.42. The molecule has 1 spiro atoms. The smallest absolute Gasteiger partial charge is 0.174 e. The molecule has 0 unspecified atom stereocenters. The zero-order chi connectivity index (χ0) is 20.5. The van der Waals surface area contributed by atoms with E-state index in [1.165, 1.54) is 5.56 Å². The first-order chi connectivity index (χ1) is 14.6. The number of piperidine rings is 1. The molecule has 1 saturated heterocycles. The SMILES string of the molecule is COc1cc(O)c2c3c1C[C@@H]1[C@@H]4CCC(=O)[C@H](O2)[C@]34CCN1CCc1ccccc1.Cl. The summed E-state index contributed by atoms with van der Waals surface area (Å²) in [5.41, 5.74) is 3.26. The van der Waals surface area contributed by atoms with E-state index in [9.17, 15) is 9.90 Å². The Morgan fingerprint density at radius 1 is 1.29 bits per heavy atom. The van der Waals surface area contributed by atoms with Crippen LogP contribution in [0.3, 0.4) is 0 Å². The lowest BCUT2D eigenvalue weighted by atomic mass is 9.51. The van der Waals surface area contributed by atoms with Gasteiger partial charge >= 0.3 is 0 Å². The third kappa shape index (κ3) is 2.76. The van der Waals surface area contributed by atoms with Crippen molar-refractivity contribution in [3.8, 4) is 17.2 Å². The van der Waals surface area contributed by atoms with Crippen molar-refractivity contribution < 1.29 is 19.4 Å². The summed E-state index contributed by atoms with van der Waals surface area (Å²) in [5.74, 6) is 1.93. The van der Waals surface area contributed by atoms with Crippen molar-refractivity contribution in [3.63, 3.8) is 0 Å². The number of carbonyl (C=O) groups is 1. The minimum atomic E-state index is -0.456. The fourth-order valence-corrected chi connectivity index (χ4v) is 6.84. The summed E-state index contributed by atoms with van der Waals surface area (Å²) in [6.07, 6.45) is 3.83. The van der Waals surface area contributed by atoms with Crippen LogP contribution in [-0.2, 0) is 23.1 Å². The second-order valence-corrected chi connectivity index (χ2v) is 9.22. The topological polar surface area (TPSA) is 59.0 Å². The van der Waals surface area contributed by atoms with Crippen LogP contribution >= 0.6 is 12.4 Å².